The molecule has 0 saturated heterocycles. The number of anilines is 3. The fourth-order valence-corrected chi connectivity index (χ4v) is 8.38. The second-order valence-corrected chi connectivity index (χ2v) is 13.8. The number of aryl methyl sites for hydroxylation is 2. The number of carbonyl (C=O) groups excluding carboxylic acids is 3. The molecule has 0 unspecified atom stereocenters. The Morgan fingerprint density at radius 3 is 1.87 bits per heavy atom. The molecule has 3 aliphatic heterocycles. The Kier molecular flexibility index (Phi) is 8.16. The molecule has 0 aliphatic carbocycles. The van der Waals surface area contributed by atoms with E-state index in [0.717, 1.165) is 76.3 Å². The first-order valence-corrected chi connectivity index (χ1v) is 18.3. The van der Waals surface area contributed by atoms with Crippen LogP contribution in [0.5, 0.6) is 11.5 Å². The Bertz CT molecular complexity index is 2230. The number of nitrogens with one attached hydrogen (secondary N) is 3. The maximum absolute atomic E-state index is 14.8. The van der Waals surface area contributed by atoms with Crippen molar-refractivity contribution < 1.29 is 19.1 Å². The van der Waals surface area contributed by atoms with E-state index in [2.05, 4.69) is 62.7 Å². The molecule has 0 fully saturated rings. The predicted octanol–water partition coefficient (Wildman–Crippen LogP) is 8.29. The van der Waals surface area contributed by atoms with Crippen LogP contribution >= 0.6 is 0 Å². The van der Waals surface area contributed by atoms with Crippen molar-refractivity contribution in [3.05, 3.63) is 123 Å². The average molecular weight is 694 g/mol. The van der Waals surface area contributed by atoms with Gasteiger partial charge in [0, 0.05) is 101 Å². The molecule has 9 nitrogen and oxygen atoms in total. The molecule has 52 heavy (non-hydrogen) atoms. The highest BCUT2D eigenvalue weighted by atomic mass is 16.5. The van der Waals surface area contributed by atoms with Gasteiger partial charge in [0.15, 0.2) is 0 Å². The second-order valence-electron chi connectivity index (χ2n) is 13.8. The van der Waals surface area contributed by atoms with Gasteiger partial charge in [0.25, 0.3) is 17.7 Å². The van der Waals surface area contributed by atoms with Gasteiger partial charge in [-0.1, -0.05) is 37.3 Å². The number of fused-ring (bicyclic) bond motifs is 6. The van der Waals surface area contributed by atoms with Crippen LogP contribution in [0.15, 0.2) is 78.9 Å². The van der Waals surface area contributed by atoms with Crippen LogP contribution in [0.25, 0.3) is 10.8 Å². The third-order valence-corrected chi connectivity index (χ3v) is 10.7. The summed E-state index contributed by atoms with van der Waals surface area (Å²) in [5.74, 6) is 0.404. The standard InChI is InChI=1S/C43H43N5O4/c1-6-18-46-34-17-16-30-39-28(34)13-11-14-29(39)40(49)47(41(30)50)19-20-48-42(51)27-12-9-10-15-31(27)43(48)32-21-25(4)35(44-7-2)23-37(32)52-38-24-36(45-8-3)26(5)22-33(38)43/h9-17,21-24,44-46H,6-8,18-20H2,1-5H3. The van der Waals surface area contributed by atoms with Crippen molar-refractivity contribution in [1.82, 2.24) is 9.80 Å². The summed E-state index contributed by atoms with van der Waals surface area (Å²) >= 11 is 0. The average Bonchev–Trinajstić information content (AvgIpc) is 3.39. The molecule has 0 radical (unpaired) electrons. The normalized spacial score (nSPS) is 15.1. The topological polar surface area (TPSA) is 103 Å². The number of hydrogen-bond donors (Lipinski definition) is 3. The lowest BCUT2D eigenvalue weighted by atomic mass is 9.73. The van der Waals surface area contributed by atoms with E-state index < -0.39 is 5.54 Å². The van der Waals surface area contributed by atoms with Gasteiger partial charge in [-0.2, -0.15) is 0 Å². The van der Waals surface area contributed by atoms with Gasteiger partial charge < -0.3 is 25.6 Å². The van der Waals surface area contributed by atoms with Crippen molar-refractivity contribution in [1.29, 1.82) is 0 Å². The first kappa shape index (κ1) is 33.3. The van der Waals surface area contributed by atoms with Crippen molar-refractivity contribution in [3.63, 3.8) is 0 Å². The molecule has 3 heterocycles. The van der Waals surface area contributed by atoms with Gasteiger partial charge in [0.1, 0.15) is 17.0 Å². The molecule has 0 bridgehead atoms. The molecule has 5 aromatic carbocycles. The summed E-state index contributed by atoms with van der Waals surface area (Å²) in [4.78, 5) is 46.4. The molecule has 5 aromatic rings. The number of amides is 3. The molecule has 0 atom stereocenters. The Labute approximate surface area is 304 Å². The van der Waals surface area contributed by atoms with E-state index in [1.807, 2.05) is 65.6 Å². The van der Waals surface area contributed by atoms with E-state index in [1.165, 1.54) is 4.90 Å². The predicted molar refractivity (Wildman–Crippen MR) is 206 cm³/mol. The fraction of sp³-hybridized carbons (Fsp3) is 0.279. The number of ether oxygens (including phenoxy) is 1. The third-order valence-electron chi connectivity index (χ3n) is 10.7. The molecule has 0 saturated carbocycles. The molecular weight excluding hydrogens is 651 g/mol. The Balaban J connectivity index is 1.27. The van der Waals surface area contributed by atoms with E-state index in [4.69, 9.17) is 4.74 Å². The quantitative estimate of drug-likeness (QED) is 0.127. The van der Waals surface area contributed by atoms with Gasteiger partial charge in [-0.25, -0.2) is 0 Å². The Morgan fingerprint density at radius 2 is 1.23 bits per heavy atom. The molecule has 0 aromatic heterocycles. The van der Waals surface area contributed by atoms with Crippen molar-refractivity contribution in [3.8, 4) is 11.5 Å². The molecule has 3 aliphatic rings. The first-order chi connectivity index (χ1) is 25.2. The maximum Gasteiger partial charge on any atom is 0.261 e. The van der Waals surface area contributed by atoms with Gasteiger partial charge >= 0.3 is 0 Å². The van der Waals surface area contributed by atoms with E-state index in [-0.39, 0.29) is 30.8 Å². The highest BCUT2D eigenvalue weighted by molar-refractivity contribution is 6.26. The highest BCUT2D eigenvalue weighted by Gasteiger charge is 2.56. The van der Waals surface area contributed by atoms with E-state index in [1.54, 1.807) is 6.07 Å². The SMILES string of the molecule is CCCNc1ccc2c3c(cccc13)C(=O)N(CCN1C(=O)c3ccccc3C13c1cc(C)c(NCC)cc1Oc1cc(NCC)c(C)cc13)C2=O. The second kappa shape index (κ2) is 12.7. The summed E-state index contributed by atoms with van der Waals surface area (Å²) in [6.07, 6.45) is 0.947. The van der Waals surface area contributed by atoms with E-state index in [9.17, 15) is 14.4 Å². The van der Waals surface area contributed by atoms with Crippen LogP contribution in [0.3, 0.4) is 0 Å². The maximum atomic E-state index is 14.8. The molecule has 8 rings (SSSR count). The minimum atomic E-state index is -1.08. The van der Waals surface area contributed by atoms with Crippen molar-refractivity contribution in [2.24, 2.45) is 0 Å². The number of carbonyl (C=O) groups is 3. The molecule has 1 spiro atoms. The van der Waals surface area contributed by atoms with Crippen LogP contribution in [0.1, 0.15) is 86.1 Å². The van der Waals surface area contributed by atoms with Gasteiger partial charge in [-0.15, -0.1) is 0 Å². The number of hydrogen-bond acceptors (Lipinski definition) is 7. The monoisotopic (exact) mass is 693 g/mol. The minimum Gasteiger partial charge on any atom is -0.456 e. The van der Waals surface area contributed by atoms with E-state index in [0.29, 0.717) is 33.6 Å². The zero-order valence-corrected chi connectivity index (χ0v) is 30.3. The lowest BCUT2D eigenvalue weighted by molar-refractivity contribution is 0.0517. The molecular formula is C43H43N5O4. The van der Waals surface area contributed by atoms with Crippen LogP contribution in [0.4, 0.5) is 17.1 Å². The number of benzene rings is 5. The van der Waals surface area contributed by atoms with Gasteiger partial charge in [0.2, 0.25) is 0 Å². The van der Waals surface area contributed by atoms with Crippen molar-refractivity contribution >= 4 is 45.6 Å². The summed E-state index contributed by atoms with van der Waals surface area (Å²) in [6.45, 7) is 12.7. The number of imide groups is 1. The van der Waals surface area contributed by atoms with Crippen LogP contribution in [-0.2, 0) is 5.54 Å². The van der Waals surface area contributed by atoms with Crippen molar-refractivity contribution in [2.75, 3.05) is 48.7 Å². The lowest BCUT2D eigenvalue weighted by Crippen LogP contribution is -2.52. The summed E-state index contributed by atoms with van der Waals surface area (Å²) < 4.78 is 6.74. The molecule has 9 heteroatoms. The smallest absolute Gasteiger partial charge is 0.261 e. The van der Waals surface area contributed by atoms with E-state index >= 15 is 0 Å². The van der Waals surface area contributed by atoms with Crippen LogP contribution in [0.2, 0.25) is 0 Å². The first-order valence-electron chi connectivity index (χ1n) is 18.3. The van der Waals surface area contributed by atoms with Crippen LogP contribution < -0.4 is 20.7 Å². The molecule has 264 valence electrons. The Hall–Kier alpha value is -5.83. The number of rotatable bonds is 10. The summed E-state index contributed by atoms with van der Waals surface area (Å²) in [7, 11) is 0. The zero-order chi connectivity index (χ0) is 36.3. The lowest BCUT2D eigenvalue weighted by Gasteiger charge is -2.45. The zero-order valence-electron chi connectivity index (χ0n) is 30.3. The van der Waals surface area contributed by atoms with Crippen LogP contribution in [0, 0.1) is 13.8 Å². The Morgan fingerprint density at radius 1 is 0.615 bits per heavy atom. The third kappa shape index (κ3) is 4.78. The molecule has 3 N–H and O–H groups in total. The molecule has 3 amide bonds. The number of nitrogens with zero attached hydrogens (tertiary/aromatic N) is 2. The summed E-state index contributed by atoms with van der Waals surface area (Å²) in [6, 6.07) is 25.3. The summed E-state index contributed by atoms with van der Waals surface area (Å²) in [5, 5.41) is 11.9. The fourth-order valence-electron chi connectivity index (χ4n) is 8.38. The minimum absolute atomic E-state index is 0.0131. The highest BCUT2D eigenvalue weighted by Crippen LogP contribution is 2.58. The van der Waals surface area contributed by atoms with Gasteiger partial charge in [0.05, 0.1) is 0 Å². The van der Waals surface area contributed by atoms with Gasteiger partial charge in [-0.3, -0.25) is 19.3 Å². The summed E-state index contributed by atoms with van der Waals surface area (Å²) in [5.41, 5.74) is 7.83. The van der Waals surface area contributed by atoms with Crippen LogP contribution in [-0.4, -0.2) is 60.2 Å². The van der Waals surface area contributed by atoms with Crippen molar-refractivity contribution in [2.45, 2.75) is 46.6 Å². The largest absolute Gasteiger partial charge is 0.456 e. The van der Waals surface area contributed by atoms with Gasteiger partial charge in [-0.05, 0) is 87.2 Å².